The summed E-state index contributed by atoms with van der Waals surface area (Å²) in [6.07, 6.45) is 7.51. The predicted molar refractivity (Wildman–Crippen MR) is 62.5 cm³/mol. The fourth-order valence-electron chi connectivity index (χ4n) is 0.267. The van der Waals surface area contributed by atoms with E-state index in [1.807, 2.05) is 25.2 Å². The van der Waals surface area contributed by atoms with Crippen molar-refractivity contribution in [2.24, 2.45) is 5.92 Å². The van der Waals surface area contributed by atoms with Gasteiger partial charge in [-0.2, -0.15) is 0 Å². The Hall–Kier alpha value is -0.300. The van der Waals surface area contributed by atoms with Crippen molar-refractivity contribution < 1.29 is 0 Å². The SMILES string of the molecule is C=C/C=C\C=C(/C)Br.CC(C)C. The third kappa shape index (κ3) is 33.2. The summed E-state index contributed by atoms with van der Waals surface area (Å²) in [4.78, 5) is 0. The zero-order valence-electron chi connectivity index (χ0n) is 8.47. The lowest BCUT2D eigenvalue weighted by Gasteiger charge is -1.79. The summed E-state index contributed by atoms with van der Waals surface area (Å²) in [5.74, 6) is 0.833. The summed E-state index contributed by atoms with van der Waals surface area (Å²) < 4.78 is 1.12. The van der Waals surface area contributed by atoms with E-state index in [-0.39, 0.29) is 0 Å². The van der Waals surface area contributed by atoms with E-state index in [0.29, 0.717) is 0 Å². The lowest BCUT2D eigenvalue weighted by molar-refractivity contribution is 0.737. The fourth-order valence-corrected chi connectivity index (χ4v) is 0.419. The van der Waals surface area contributed by atoms with Crippen molar-refractivity contribution in [2.45, 2.75) is 27.7 Å². The molecule has 0 atom stereocenters. The van der Waals surface area contributed by atoms with Crippen molar-refractivity contribution in [2.75, 3.05) is 0 Å². The number of rotatable bonds is 2. The molecule has 0 aliphatic carbocycles. The van der Waals surface area contributed by atoms with Gasteiger partial charge in [0.15, 0.2) is 0 Å². The normalized spacial score (nSPS) is 11.3. The summed E-state index contributed by atoms with van der Waals surface area (Å²) in [5.41, 5.74) is 0. The van der Waals surface area contributed by atoms with E-state index in [9.17, 15) is 0 Å². The van der Waals surface area contributed by atoms with Gasteiger partial charge in [0.05, 0.1) is 0 Å². The van der Waals surface area contributed by atoms with Crippen LogP contribution in [0.5, 0.6) is 0 Å². The van der Waals surface area contributed by atoms with Gasteiger partial charge in [-0.3, -0.25) is 0 Å². The molecule has 0 amide bonds. The molecule has 0 aliphatic rings. The van der Waals surface area contributed by atoms with Crippen LogP contribution < -0.4 is 0 Å². The molecular formula is C11H19Br. The van der Waals surface area contributed by atoms with Gasteiger partial charge in [-0.15, -0.1) is 0 Å². The Morgan fingerprint density at radius 3 is 1.92 bits per heavy atom. The monoisotopic (exact) mass is 230 g/mol. The second-order valence-electron chi connectivity index (χ2n) is 3.11. The Labute approximate surface area is 85.2 Å². The molecule has 0 nitrogen and oxygen atoms in total. The Morgan fingerprint density at radius 1 is 1.25 bits per heavy atom. The summed E-state index contributed by atoms with van der Waals surface area (Å²) >= 11 is 3.28. The van der Waals surface area contributed by atoms with Crippen LogP contribution in [0.1, 0.15) is 27.7 Å². The van der Waals surface area contributed by atoms with Gasteiger partial charge < -0.3 is 0 Å². The predicted octanol–water partition coefficient (Wildman–Crippen LogP) is 4.69. The molecule has 0 N–H and O–H groups in total. The van der Waals surface area contributed by atoms with Gasteiger partial charge in [0, 0.05) is 0 Å². The minimum Gasteiger partial charge on any atom is -0.0991 e. The standard InChI is InChI=1S/C7H9Br.C4H10/c1-3-4-5-6-7(2)8;1-4(2)3/h3-6H,1H2,2H3;4H,1-3H3/b5-4-,7-6+;. The van der Waals surface area contributed by atoms with Crippen molar-refractivity contribution in [3.63, 3.8) is 0 Å². The van der Waals surface area contributed by atoms with Crippen LogP contribution in [-0.2, 0) is 0 Å². The third-order valence-corrected chi connectivity index (χ3v) is 0.837. The first-order valence-electron chi connectivity index (χ1n) is 4.12. The number of allylic oxidation sites excluding steroid dienone is 5. The summed E-state index contributed by atoms with van der Waals surface area (Å²) in [6.45, 7) is 12.0. The number of hydrogen-bond donors (Lipinski definition) is 0. The van der Waals surface area contributed by atoms with Crippen LogP contribution in [0.2, 0.25) is 0 Å². The average Bonchev–Trinajstić information content (AvgIpc) is 1.86. The van der Waals surface area contributed by atoms with Crippen LogP contribution in [0, 0.1) is 5.92 Å². The van der Waals surface area contributed by atoms with Gasteiger partial charge in [0.1, 0.15) is 0 Å². The van der Waals surface area contributed by atoms with Crippen molar-refractivity contribution in [1.82, 2.24) is 0 Å². The Balaban J connectivity index is 0. The first kappa shape index (κ1) is 14.2. The van der Waals surface area contributed by atoms with Crippen LogP contribution in [0.15, 0.2) is 35.4 Å². The van der Waals surface area contributed by atoms with Gasteiger partial charge in [0.2, 0.25) is 0 Å². The van der Waals surface area contributed by atoms with E-state index >= 15 is 0 Å². The van der Waals surface area contributed by atoms with Crippen LogP contribution in [0.3, 0.4) is 0 Å². The van der Waals surface area contributed by atoms with E-state index < -0.39 is 0 Å². The highest BCUT2D eigenvalue weighted by molar-refractivity contribution is 9.11. The highest BCUT2D eigenvalue weighted by Gasteiger charge is 1.69. The van der Waals surface area contributed by atoms with Gasteiger partial charge >= 0.3 is 0 Å². The molecule has 0 aliphatic heterocycles. The Kier molecular flexibility index (Phi) is 12.7. The van der Waals surface area contributed by atoms with Gasteiger partial charge in [-0.25, -0.2) is 0 Å². The fraction of sp³-hybridized carbons (Fsp3) is 0.455. The minimum atomic E-state index is 0.833. The number of halogens is 1. The van der Waals surface area contributed by atoms with Gasteiger partial charge in [-0.1, -0.05) is 67.6 Å². The molecule has 1 heteroatoms. The summed E-state index contributed by atoms with van der Waals surface area (Å²) in [6, 6.07) is 0. The first-order valence-corrected chi connectivity index (χ1v) is 4.91. The van der Waals surface area contributed by atoms with Crippen molar-refractivity contribution >= 4 is 15.9 Å². The van der Waals surface area contributed by atoms with Crippen LogP contribution in [-0.4, -0.2) is 0 Å². The minimum absolute atomic E-state index is 0.833. The molecule has 0 bridgehead atoms. The molecule has 0 aromatic rings. The molecular weight excluding hydrogens is 212 g/mol. The smallest absolute Gasteiger partial charge is 0.00804 e. The highest BCUT2D eigenvalue weighted by atomic mass is 79.9. The zero-order valence-corrected chi connectivity index (χ0v) is 10.1. The summed E-state index contributed by atoms with van der Waals surface area (Å²) in [5, 5.41) is 0. The maximum Gasteiger partial charge on any atom is -0.00804 e. The Morgan fingerprint density at radius 2 is 1.67 bits per heavy atom. The van der Waals surface area contributed by atoms with Crippen molar-refractivity contribution in [3.8, 4) is 0 Å². The molecule has 0 aromatic carbocycles. The van der Waals surface area contributed by atoms with Crippen molar-refractivity contribution in [1.29, 1.82) is 0 Å². The van der Waals surface area contributed by atoms with Gasteiger partial charge in [0.25, 0.3) is 0 Å². The average molecular weight is 231 g/mol. The zero-order chi connectivity index (χ0) is 9.98. The maximum absolute atomic E-state index is 3.53. The van der Waals surface area contributed by atoms with E-state index in [1.165, 1.54) is 0 Å². The van der Waals surface area contributed by atoms with Crippen LogP contribution in [0.25, 0.3) is 0 Å². The maximum atomic E-state index is 3.53. The molecule has 70 valence electrons. The van der Waals surface area contributed by atoms with E-state index in [1.54, 1.807) is 6.08 Å². The Bertz CT molecular complexity index is 146. The molecule has 0 fully saturated rings. The molecule has 0 aromatic heterocycles. The molecule has 0 spiro atoms. The van der Waals surface area contributed by atoms with E-state index in [2.05, 4.69) is 43.3 Å². The molecule has 0 saturated heterocycles. The largest absolute Gasteiger partial charge is 0.0991 e. The van der Waals surface area contributed by atoms with Crippen LogP contribution in [0.4, 0.5) is 0 Å². The van der Waals surface area contributed by atoms with Gasteiger partial charge in [-0.05, 0) is 17.3 Å². The highest BCUT2D eigenvalue weighted by Crippen LogP contribution is 2.00. The molecule has 0 unspecified atom stereocenters. The number of hydrogen-bond acceptors (Lipinski definition) is 0. The lowest BCUT2D eigenvalue weighted by Crippen LogP contribution is -1.66. The first-order chi connectivity index (χ1) is 5.50. The second kappa shape index (κ2) is 10.7. The third-order valence-electron chi connectivity index (χ3n) is 0.573. The molecule has 0 heterocycles. The van der Waals surface area contributed by atoms with Crippen LogP contribution >= 0.6 is 15.9 Å². The molecule has 0 radical (unpaired) electrons. The molecule has 0 saturated carbocycles. The topological polar surface area (TPSA) is 0 Å². The van der Waals surface area contributed by atoms with Crippen molar-refractivity contribution in [3.05, 3.63) is 35.4 Å². The molecule has 12 heavy (non-hydrogen) atoms. The second-order valence-corrected chi connectivity index (χ2v) is 4.36. The van der Waals surface area contributed by atoms with E-state index in [4.69, 9.17) is 0 Å². The molecule has 0 rings (SSSR count). The quantitative estimate of drug-likeness (QED) is 0.605. The lowest BCUT2D eigenvalue weighted by atomic mass is 10.3. The van der Waals surface area contributed by atoms with E-state index in [0.717, 1.165) is 10.4 Å². The summed E-state index contributed by atoms with van der Waals surface area (Å²) in [7, 11) is 0.